The molecule has 2 aromatic heterocycles. The van der Waals surface area contributed by atoms with Gasteiger partial charge in [-0.25, -0.2) is 18.4 Å². The fraction of sp³-hybridized carbons (Fsp3) is 0.0833. The van der Waals surface area contributed by atoms with Crippen LogP contribution in [-0.2, 0) is 7.05 Å². The monoisotopic (exact) mass is 340 g/mol. The van der Waals surface area contributed by atoms with Crippen molar-refractivity contribution >= 4 is 27.1 Å². The average Bonchev–Trinajstić information content (AvgIpc) is 2.80. The van der Waals surface area contributed by atoms with Crippen LogP contribution in [0.3, 0.4) is 0 Å². The Kier molecular flexibility index (Phi) is 2.89. The van der Waals surface area contributed by atoms with Crippen LogP contribution in [0, 0.1) is 11.6 Å². The smallest absolute Gasteiger partial charge is 0.285 e. The molecular weight excluding hydrogens is 334 g/mol. The second kappa shape index (κ2) is 4.48. The van der Waals surface area contributed by atoms with Gasteiger partial charge in [0.1, 0.15) is 11.2 Å². The van der Waals surface area contributed by atoms with Crippen molar-refractivity contribution in [2.24, 2.45) is 7.05 Å². The van der Waals surface area contributed by atoms with Crippen molar-refractivity contribution < 1.29 is 8.78 Å². The summed E-state index contributed by atoms with van der Waals surface area (Å²) in [7, 11) is 1.48. The van der Waals surface area contributed by atoms with Crippen LogP contribution < -0.4 is 5.56 Å². The molecule has 0 aliphatic heterocycles. The molecule has 0 aliphatic carbocycles. The van der Waals surface area contributed by atoms with Crippen LogP contribution in [0.4, 0.5) is 8.78 Å². The molecule has 3 aromatic rings. The minimum absolute atomic E-state index is 0.112. The van der Waals surface area contributed by atoms with Gasteiger partial charge in [-0.15, -0.1) is 0 Å². The number of nitrogens with zero attached hydrogens (tertiary/aromatic N) is 4. The number of hydrogen-bond acceptors (Lipinski definition) is 3. The fourth-order valence-electron chi connectivity index (χ4n) is 1.97. The Morgan fingerprint density at radius 3 is 2.55 bits per heavy atom. The predicted octanol–water partition coefficient (Wildman–Crippen LogP) is 2.16. The molecule has 20 heavy (non-hydrogen) atoms. The highest BCUT2D eigenvalue weighted by Crippen LogP contribution is 2.21. The molecule has 0 atom stereocenters. The zero-order valence-corrected chi connectivity index (χ0v) is 11.7. The maximum atomic E-state index is 13.8. The number of para-hydroxylation sites is 1. The lowest BCUT2D eigenvalue weighted by molar-refractivity contribution is 0.561. The third-order valence-electron chi connectivity index (χ3n) is 2.89. The number of rotatable bonds is 1. The van der Waals surface area contributed by atoms with Crippen LogP contribution >= 0.6 is 15.9 Å². The lowest BCUT2D eigenvalue weighted by Crippen LogP contribution is -2.21. The summed E-state index contributed by atoms with van der Waals surface area (Å²) in [5, 5.41) is 3.92. The Balaban J connectivity index is 2.45. The Bertz CT molecular complexity index is 867. The molecule has 0 aliphatic rings. The quantitative estimate of drug-likeness (QED) is 0.682. The maximum absolute atomic E-state index is 13.8. The molecule has 2 heterocycles. The Morgan fingerprint density at radius 2 is 1.90 bits per heavy atom. The third kappa shape index (κ3) is 1.75. The van der Waals surface area contributed by atoms with Crippen molar-refractivity contribution in [3.8, 4) is 5.69 Å². The standard InChI is InChI=1S/C12H7BrF2N4O/c1-18-11-8(17-10(13)12(18)20)5-16-19(11)9-6(14)3-2-4-7(9)15/h2-5H,1H3. The molecule has 0 unspecified atom stereocenters. The van der Waals surface area contributed by atoms with Crippen LogP contribution in [0.25, 0.3) is 16.9 Å². The van der Waals surface area contributed by atoms with Gasteiger partial charge in [-0.2, -0.15) is 5.10 Å². The molecule has 8 heteroatoms. The zero-order chi connectivity index (χ0) is 14.4. The molecule has 3 rings (SSSR count). The highest BCUT2D eigenvalue weighted by molar-refractivity contribution is 9.10. The van der Waals surface area contributed by atoms with E-state index in [2.05, 4.69) is 26.0 Å². The van der Waals surface area contributed by atoms with Crippen LogP contribution in [0.1, 0.15) is 0 Å². The van der Waals surface area contributed by atoms with Crippen LogP contribution in [-0.4, -0.2) is 19.3 Å². The second-order valence-electron chi connectivity index (χ2n) is 4.10. The van der Waals surface area contributed by atoms with E-state index in [1.165, 1.54) is 23.9 Å². The van der Waals surface area contributed by atoms with Gasteiger partial charge in [-0.1, -0.05) is 6.07 Å². The van der Waals surface area contributed by atoms with Crippen molar-refractivity contribution in [2.45, 2.75) is 0 Å². The summed E-state index contributed by atoms with van der Waals surface area (Å²) < 4.78 is 30.0. The lowest BCUT2D eigenvalue weighted by Gasteiger charge is -2.08. The Labute approximate surface area is 119 Å². The molecule has 0 bridgehead atoms. The molecule has 0 fully saturated rings. The first-order chi connectivity index (χ1) is 9.50. The van der Waals surface area contributed by atoms with Crippen LogP contribution in [0.2, 0.25) is 0 Å². The Morgan fingerprint density at radius 1 is 1.25 bits per heavy atom. The minimum Gasteiger partial charge on any atom is -0.292 e. The number of fused-ring (bicyclic) bond motifs is 1. The largest absolute Gasteiger partial charge is 0.292 e. The van der Waals surface area contributed by atoms with Crippen molar-refractivity contribution in [2.75, 3.05) is 0 Å². The predicted molar refractivity (Wildman–Crippen MR) is 71.7 cm³/mol. The van der Waals surface area contributed by atoms with Gasteiger partial charge in [0, 0.05) is 7.05 Å². The fourth-order valence-corrected chi connectivity index (χ4v) is 2.43. The van der Waals surface area contributed by atoms with Crippen LogP contribution in [0.15, 0.2) is 33.8 Å². The minimum atomic E-state index is -0.773. The van der Waals surface area contributed by atoms with Gasteiger partial charge in [0.05, 0.1) is 6.20 Å². The zero-order valence-electron chi connectivity index (χ0n) is 10.1. The maximum Gasteiger partial charge on any atom is 0.285 e. The van der Waals surface area contributed by atoms with Crippen molar-refractivity contribution in [1.82, 2.24) is 19.3 Å². The highest BCUT2D eigenvalue weighted by atomic mass is 79.9. The van der Waals surface area contributed by atoms with E-state index in [0.29, 0.717) is 5.52 Å². The molecule has 0 N–H and O–H groups in total. The SMILES string of the molecule is Cn1c(=O)c(Br)nc2cnn(-c3c(F)cccc3F)c21. The number of halogens is 3. The van der Waals surface area contributed by atoms with Crippen molar-refractivity contribution in [3.05, 3.63) is 51.0 Å². The third-order valence-corrected chi connectivity index (χ3v) is 3.41. The molecule has 0 saturated carbocycles. The molecule has 0 amide bonds. The molecule has 0 saturated heterocycles. The number of benzene rings is 1. The summed E-state index contributed by atoms with van der Waals surface area (Å²) in [6, 6.07) is 3.50. The summed E-state index contributed by atoms with van der Waals surface area (Å²) in [6.45, 7) is 0. The van der Waals surface area contributed by atoms with Gasteiger partial charge in [0.15, 0.2) is 21.9 Å². The van der Waals surface area contributed by atoms with Gasteiger partial charge in [-0.05, 0) is 28.1 Å². The van der Waals surface area contributed by atoms with E-state index in [9.17, 15) is 13.6 Å². The summed E-state index contributed by atoms with van der Waals surface area (Å²) in [5.74, 6) is -1.55. The summed E-state index contributed by atoms with van der Waals surface area (Å²) in [6.07, 6.45) is 1.34. The molecular formula is C12H7BrF2N4O. The molecule has 0 spiro atoms. The molecule has 5 nitrogen and oxygen atoms in total. The Hall–Kier alpha value is -2.09. The van der Waals surface area contributed by atoms with Crippen LogP contribution in [0.5, 0.6) is 0 Å². The van der Waals surface area contributed by atoms with Crippen molar-refractivity contribution in [1.29, 1.82) is 0 Å². The lowest BCUT2D eigenvalue weighted by atomic mass is 10.3. The first kappa shape index (κ1) is 12.9. The first-order valence-electron chi connectivity index (χ1n) is 5.55. The second-order valence-corrected chi connectivity index (χ2v) is 4.85. The highest BCUT2D eigenvalue weighted by Gasteiger charge is 2.18. The van der Waals surface area contributed by atoms with E-state index < -0.39 is 17.2 Å². The van der Waals surface area contributed by atoms with E-state index >= 15 is 0 Å². The van der Waals surface area contributed by atoms with Gasteiger partial charge in [-0.3, -0.25) is 9.36 Å². The average molecular weight is 341 g/mol. The van der Waals surface area contributed by atoms with Gasteiger partial charge < -0.3 is 0 Å². The summed E-state index contributed by atoms with van der Waals surface area (Å²) in [5.41, 5.74) is -0.207. The normalized spacial score (nSPS) is 11.2. The number of aryl methyl sites for hydroxylation is 1. The summed E-state index contributed by atoms with van der Waals surface area (Å²) >= 11 is 3.03. The molecule has 102 valence electrons. The van der Waals surface area contributed by atoms with E-state index in [-0.39, 0.29) is 15.9 Å². The van der Waals surface area contributed by atoms with E-state index in [1.54, 1.807) is 0 Å². The number of hydrogen-bond donors (Lipinski definition) is 0. The van der Waals surface area contributed by atoms with Gasteiger partial charge >= 0.3 is 0 Å². The van der Waals surface area contributed by atoms with Gasteiger partial charge in [0.2, 0.25) is 0 Å². The molecule has 1 aromatic carbocycles. The van der Waals surface area contributed by atoms with Crippen molar-refractivity contribution in [3.63, 3.8) is 0 Å². The molecule has 0 radical (unpaired) electrons. The first-order valence-corrected chi connectivity index (χ1v) is 6.34. The topological polar surface area (TPSA) is 52.7 Å². The van der Waals surface area contributed by atoms with Gasteiger partial charge in [0.25, 0.3) is 5.56 Å². The number of aromatic nitrogens is 4. The van der Waals surface area contributed by atoms with E-state index in [4.69, 9.17) is 0 Å². The summed E-state index contributed by atoms with van der Waals surface area (Å²) in [4.78, 5) is 15.9. The van der Waals surface area contributed by atoms with E-state index in [0.717, 1.165) is 16.8 Å². The van der Waals surface area contributed by atoms with E-state index in [1.807, 2.05) is 0 Å².